The van der Waals surface area contributed by atoms with E-state index in [0.29, 0.717) is 34.4 Å². The Bertz CT molecular complexity index is 957. The van der Waals surface area contributed by atoms with Crippen LogP contribution in [0.1, 0.15) is 47.0 Å². The maximum absolute atomic E-state index is 13.7. The van der Waals surface area contributed by atoms with E-state index in [9.17, 15) is 18.4 Å². The number of benzene rings is 1. The Morgan fingerprint density at radius 3 is 2.43 bits per heavy atom. The zero-order chi connectivity index (χ0) is 21.4. The number of carbonyl (C=O) groups is 2. The molecule has 2 aromatic rings. The van der Waals surface area contributed by atoms with Crippen molar-refractivity contribution in [3.63, 3.8) is 0 Å². The van der Waals surface area contributed by atoms with Crippen LogP contribution < -0.4 is 10.6 Å². The Morgan fingerprint density at radius 1 is 1.17 bits per heavy atom. The van der Waals surface area contributed by atoms with Crippen LogP contribution in [0.2, 0.25) is 5.02 Å². The number of pyridine rings is 1. The van der Waals surface area contributed by atoms with E-state index in [1.165, 1.54) is 0 Å². The van der Waals surface area contributed by atoms with E-state index in [2.05, 4.69) is 15.6 Å². The minimum Gasteiger partial charge on any atom is -0.349 e. The fraction of sp³-hybridized carbons (Fsp3) is 0.409. The first-order chi connectivity index (χ1) is 14.4. The summed E-state index contributed by atoms with van der Waals surface area (Å²) in [4.78, 5) is 28.3. The molecule has 0 saturated heterocycles. The van der Waals surface area contributed by atoms with Crippen LogP contribution in [0, 0.1) is 29.4 Å². The predicted molar refractivity (Wildman–Crippen MR) is 108 cm³/mol. The second-order valence-electron chi connectivity index (χ2n) is 8.03. The van der Waals surface area contributed by atoms with Crippen molar-refractivity contribution in [1.29, 1.82) is 0 Å². The normalized spacial score (nSPS) is 25.3. The molecule has 5 nitrogen and oxygen atoms in total. The molecule has 0 radical (unpaired) electrons. The molecule has 1 heterocycles. The van der Waals surface area contributed by atoms with E-state index in [-0.39, 0.29) is 18.0 Å². The highest BCUT2D eigenvalue weighted by atomic mass is 35.5. The highest BCUT2D eigenvalue weighted by Gasteiger charge is 2.58. The number of aromatic nitrogens is 1. The van der Waals surface area contributed by atoms with Gasteiger partial charge < -0.3 is 10.6 Å². The van der Waals surface area contributed by atoms with E-state index in [1.54, 1.807) is 24.3 Å². The standard InChI is InChI=1S/C22H22ClF2N3O2/c1-2-18(28-21(29)11-3-5-12(23)6-4-11)19-15-8-14(9-16(15)19)27-22(30)20-17(25)7-13(24)10-26-20/h3-7,10,14-16,18-19H,2,8-9H2,1H3,(H,27,30)(H,28,29)/t14-,15-,16+,18?,19+. The summed E-state index contributed by atoms with van der Waals surface area (Å²) >= 11 is 5.88. The molecule has 2 saturated carbocycles. The molecule has 8 heteroatoms. The summed E-state index contributed by atoms with van der Waals surface area (Å²) in [5.74, 6) is -1.33. The van der Waals surface area contributed by atoms with E-state index >= 15 is 0 Å². The van der Waals surface area contributed by atoms with Gasteiger partial charge in [-0.2, -0.15) is 0 Å². The third-order valence-corrected chi connectivity index (χ3v) is 6.45. The first kappa shape index (κ1) is 20.7. The largest absolute Gasteiger partial charge is 0.349 e. The molecular weight excluding hydrogens is 412 g/mol. The number of rotatable bonds is 6. The van der Waals surface area contributed by atoms with Gasteiger partial charge in [0.2, 0.25) is 0 Å². The van der Waals surface area contributed by atoms with Gasteiger partial charge in [0, 0.05) is 28.7 Å². The Balaban J connectivity index is 1.31. The summed E-state index contributed by atoms with van der Waals surface area (Å²) in [6.07, 6.45) is 3.20. The molecule has 2 aliphatic carbocycles. The lowest BCUT2D eigenvalue weighted by Gasteiger charge is -2.22. The van der Waals surface area contributed by atoms with Gasteiger partial charge in [-0.1, -0.05) is 18.5 Å². The van der Waals surface area contributed by atoms with E-state index in [0.717, 1.165) is 25.5 Å². The summed E-state index contributed by atoms with van der Waals surface area (Å²) in [5.41, 5.74) is 0.179. The van der Waals surface area contributed by atoms with Crippen molar-refractivity contribution in [3.8, 4) is 0 Å². The molecule has 2 N–H and O–H groups in total. The van der Waals surface area contributed by atoms with Gasteiger partial charge in [0.1, 0.15) is 5.82 Å². The van der Waals surface area contributed by atoms with E-state index in [1.807, 2.05) is 6.92 Å². The number of nitrogens with zero attached hydrogens (tertiary/aromatic N) is 1. The van der Waals surface area contributed by atoms with Gasteiger partial charge in [0.25, 0.3) is 11.8 Å². The number of hydrogen-bond donors (Lipinski definition) is 2. The summed E-state index contributed by atoms with van der Waals surface area (Å²) in [6.45, 7) is 2.04. The molecule has 1 aromatic carbocycles. The summed E-state index contributed by atoms with van der Waals surface area (Å²) in [7, 11) is 0. The fourth-order valence-corrected chi connectivity index (χ4v) is 4.89. The fourth-order valence-electron chi connectivity index (χ4n) is 4.77. The quantitative estimate of drug-likeness (QED) is 0.724. The lowest BCUT2D eigenvalue weighted by atomic mass is 9.99. The molecular formula is C22H22ClF2N3O2. The molecule has 1 aromatic heterocycles. The average molecular weight is 434 g/mol. The second kappa shape index (κ2) is 8.30. The SMILES string of the molecule is CCC(NC(=O)c1ccc(Cl)cc1)[C@H]1[C@@H]2C[C@@H](NC(=O)c3ncc(F)cc3F)C[C@@H]21. The zero-order valence-corrected chi connectivity index (χ0v) is 17.1. The van der Waals surface area contributed by atoms with Gasteiger partial charge >= 0.3 is 0 Å². The monoisotopic (exact) mass is 433 g/mol. The van der Waals surface area contributed by atoms with E-state index < -0.39 is 23.2 Å². The average Bonchev–Trinajstić information content (AvgIpc) is 3.20. The summed E-state index contributed by atoms with van der Waals surface area (Å²) in [5, 5.41) is 6.51. The third-order valence-electron chi connectivity index (χ3n) is 6.20. The number of carbonyl (C=O) groups excluding carboxylic acids is 2. The number of halogens is 3. The Labute approximate surface area is 178 Å². The topological polar surface area (TPSA) is 71.1 Å². The van der Waals surface area contributed by atoms with Gasteiger partial charge in [-0.05, 0) is 61.3 Å². The van der Waals surface area contributed by atoms with Crippen LogP contribution in [-0.2, 0) is 0 Å². The molecule has 1 unspecified atom stereocenters. The maximum atomic E-state index is 13.7. The van der Waals surface area contributed by atoms with Crippen molar-refractivity contribution < 1.29 is 18.4 Å². The van der Waals surface area contributed by atoms with Crippen molar-refractivity contribution in [2.75, 3.05) is 0 Å². The molecule has 2 fully saturated rings. The lowest BCUT2D eigenvalue weighted by Crippen LogP contribution is -2.39. The van der Waals surface area contributed by atoms with Crippen LogP contribution in [0.4, 0.5) is 8.78 Å². The minimum absolute atomic E-state index is 0.0658. The van der Waals surface area contributed by atoms with Gasteiger partial charge in [0.15, 0.2) is 11.5 Å². The van der Waals surface area contributed by atoms with Crippen molar-refractivity contribution in [3.05, 3.63) is 64.4 Å². The smallest absolute Gasteiger partial charge is 0.273 e. The van der Waals surface area contributed by atoms with Gasteiger partial charge in [-0.25, -0.2) is 13.8 Å². The van der Waals surface area contributed by atoms with Crippen LogP contribution in [0.5, 0.6) is 0 Å². The van der Waals surface area contributed by atoms with Crippen LogP contribution >= 0.6 is 11.6 Å². The number of nitrogens with one attached hydrogen (secondary N) is 2. The molecule has 4 rings (SSSR count). The minimum atomic E-state index is -0.968. The second-order valence-corrected chi connectivity index (χ2v) is 8.46. The summed E-state index contributed by atoms with van der Waals surface area (Å²) < 4.78 is 26.7. The van der Waals surface area contributed by atoms with Crippen molar-refractivity contribution >= 4 is 23.4 Å². The Hall–Kier alpha value is -2.54. The van der Waals surface area contributed by atoms with Crippen LogP contribution in [0.15, 0.2) is 36.5 Å². The number of amides is 2. The third kappa shape index (κ3) is 4.17. The highest BCUT2D eigenvalue weighted by Crippen LogP contribution is 2.59. The van der Waals surface area contributed by atoms with Gasteiger partial charge in [0.05, 0.1) is 6.20 Å². The Kier molecular flexibility index (Phi) is 5.73. The van der Waals surface area contributed by atoms with Crippen molar-refractivity contribution in [2.24, 2.45) is 17.8 Å². The summed E-state index contributed by atoms with van der Waals surface area (Å²) in [6, 6.07) is 7.43. The van der Waals surface area contributed by atoms with Gasteiger partial charge in [-0.3, -0.25) is 9.59 Å². The van der Waals surface area contributed by atoms with E-state index in [4.69, 9.17) is 11.6 Å². The van der Waals surface area contributed by atoms with Crippen LogP contribution in [0.3, 0.4) is 0 Å². The maximum Gasteiger partial charge on any atom is 0.273 e. The first-order valence-corrected chi connectivity index (χ1v) is 10.4. The molecule has 30 heavy (non-hydrogen) atoms. The number of fused-ring (bicyclic) bond motifs is 1. The molecule has 2 amide bonds. The lowest BCUT2D eigenvalue weighted by molar-refractivity contribution is 0.0923. The Morgan fingerprint density at radius 2 is 1.83 bits per heavy atom. The molecule has 5 atom stereocenters. The molecule has 158 valence electrons. The van der Waals surface area contributed by atoms with Crippen molar-refractivity contribution in [2.45, 2.75) is 38.3 Å². The predicted octanol–water partition coefficient (Wildman–Crippen LogP) is 3.98. The van der Waals surface area contributed by atoms with Crippen molar-refractivity contribution in [1.82, 2.24) is 15.6 Å². The first-order valence-electron chi connectivity index (χ1n) is 10.1. The molecule has 2 aliphatic rings. The van der Waals surface area contributed by atoms with Gasteiger partial charge in [-0.15, -0.1) is 0 Å². The zero-order valence-electron chi connectivity index (χ0n) is 16.4. The highest BCUT2D eigenvalue weighted by molar-refractivity contribution is 6.30. The van der Waals surface area contributed by atoms with Crippen LogP contribution in [0.25, 0.3) is 0 Å². The number of hydrogen-bond acceptors (Lipinski definition) is 3. The molecule has 0 bridgehead atoms. The molecule has 0 spiro atoms. The molecule has 0 aliphatic heterocycles. The van der Waals surface area contributed by atoms with Crippen LogP contribution in [-0.4, -0.2) is 28.9 Å².